The van der Waals surface area contributed by atoms with Gasteiger partial charge in [0.2, 0.25) is 0 Å². The summed E-state index contributed by atoms with van der Waals surface area (Å²) in [5, 5.41) is 48.5. The molecule has 0 saturated carbocycles. The summed E-state index contributed by atoms with van der Waals surface area (Å²) in [4.78, 5) is 44.8. The Morgan fingerprint density at radius 2 is 0.576 bits per heavy atom. The molecule has 0 unspecified atom stereocenters. The van der Waals surface area contributed by atoms with Gasteiger partial charge >= 0.3 is 19.5 Å². The monoisotopic (exact) mass is 1680 g/mol. The van der Waals surface area contributed by atoms with E-state index in [2.05, 4.69) is 346 Å². The second kappa shape index (κ2) is 29.1. The van der Waals surface area contributed by atoms with Crippen LogP contribution in [0.3, 0.4) is 0 Å². The first kappa shape index (κ1) is 84.3. The number of fused-ring (bicyclic) bond motifs is 14. The van der Waals surface area contributed by atoms with E-state index in [1.807, 2.05) is 24.3 Å². The Morgan fingerprint density at radius 1 is 0.264 bits per heavy atom. The molecule has 2 aliphatic heterocycles. The van der Waals surface area contributed by atoms with Gasteiger partial charge in [-0.25, -0.2) is 19.9 Å². The smallest absolute Gasteiger partial charge is 0.657 e. The third-order valence-corrected chi connectivity index (χ3v) is 25.4. The fraction of sp³-hybridized carbons (Fsp3) is 0.286. The molecule has 2 N–H and O–H groups in total. The van der Waals surface area contributed by atoms with Gasteiger partial charge in [-0.15, -0.1) is 22.1 Å². The minimum atomic E-state index is -0.292. The number of aromatic amines is 2. The number of benzene rings is 8. The summed E-state index contributed by atoms with van der Waals surface area (Å²) in [5.41, 5.74) is 29.5. The van der Waals surface area contributed by atoms with Gasteiger partial charge in [0.1, 0.15) is 0 Å². The Balaban J connectivity index is 0.0000110. The molecular weight excluding hydrogens is 1580 g/mol. The van der Waals surface area contributed by atoms with E-state index in [9.17, 15) is 21.0 Å². The molecule has 16 bridgehead atoms. The maximum absolute atomic E-state index is 10.8. The van der Waals surface area contributed by atoms with Crippen LogP contribution in [0.15, 0.2) is 158 Å². The Bertz CT molecular complexity index is 7130. The normalized spacial score (nSPS) is 13.1. The molecule has 8 aromatic carbocycles. The molecule has 614 valence electrons. The zero-order valence-corrected chi connectivity index (χ0v) is 79.5. The van der Waals surface area contributed by atoms with Crippen LogP contribution in [0.5, 0.6) is 0 Å². The number of aromatic nitrogens is 8. The van der Waals surface area contributed by atoms with Gasteiger partial charge in [0.05, 0.1) is 96.9 Å². The number of nitrogens with zero attached hydrogens (tertiary/aromatic N) is 10. The van der Waals surface area contributed by atoms with Gasteiger partial charge in [-0.2, -0.15) is 21.0 Å². The number of nitrogens with one attached hydrogen (secondary N) is 2. The first-order valence-corrected chi connectivity index (χ1v) is 43.2. The predicted octanol–water partition coefficient (Wildman–Crippen LogP) is 28.7. The minimum Gasteiger partial charge on any atom is -0.657 e. The van der Waals surface area contributed by atoms with Gasteiger partial charge in [-0.05, 0) is 240 Å². The zero-order chi connectivity index (χ0) is 88.3. The van der Waals surface area contributed by atoms with Crippen LogP contribution >= 0.6 is 0 Å². The molecule has 0 amide bonds. The molecule has 13 heteroatoms. The van der Waals surface area contributed by atoms with Crippen LogP contribution in [0, 0.1) is 45.3 Å². The fourth-order valence-electron chi connectivity index (χ4n) is 18.1. The Kier molecular flexibility index (Phi) is 19.6. The third kappa shape index (κ3) is 14.8. The molecule has 125 heavy (non-hydrogen) atoms. The number of hydrogen-bond donors (Lipinski definition) is 2. The predicted molar refractivity (Wildman–Crippen MR) is 516 cm³/mol. The first-order chi connectivity index (χ1) is 58.2. The van der Waals surface area contributed by atoms with Crippen molar-refractivity contribution >= 4 is 123 Å². The molecule has 0 spiro atoms. The topological polar surface area (TPSA) is 206 Å². The molecule has 18 rings (SSSR count). The molecule has 10 heterocycles. The van der Waals surface area contributed by atoms with E-state index >= 15 is 0 Å². The van der Waals surface area contributed by atoms with Crippen molar-refractivity contribution in [2.75, 3.05) is 0 Å². The van der Waals surface area contributed by atoms with Gasteiger partial charge in [-0.3, -0.25) is 0 Å². The second-order valence-electron chi connectivity index (χ2n) is 42.9. The second-order valence-corrected chi connectivity index (χ2v) is 42.9. The van der Waals surface area contributed by atoms with Crippen molar-refractivity contribution in [2.45, 2.75) is 209 Å². The molecule has 8 aromatic heterocycles. The van der Waals surface area contributed by atoms with Crippen molar-refractivity contribution in [3.05, 3.63) is 247 Å². The van der Waals surface area contributed by atoms with E-state index in [1.165, 1.54) is 0 Å². The van der Waals surface area contributed by atoms with E-state index in [1.54, 1.807) is 12.1 Å². The van der Waals surface area contributed by atoms with E-state index in [0.29, 0.717) is 89.4 Å². The number of rotatable bonds is 6. The maximum atomic E-state index is 10.8. The zero-order valence-electron chi connectivity index (χ0n) is 76.5. The molecule has 0 atom stereocenters. The summed E-state index contributed by atoms with van der Waals surface area (Å²) in [6.45, 7) is 54.5. The third-order valence-electron chi connectivity index (χ3n) is 25.4. The number of nitriles is 4. The van der Waals surface area contributed by atoms with Crippen LogP contribution in [0.2, 0.25) is 0 Å². The molecule has 0 saturated heterocycles. The first-order valence-electron chi connectivity index (χ1n) is 43.2. The van der Waals surface area contributed by atoms with Crippen molar-refractivity contribution in [1.29, 1.82) is 21.0 Å². The summed E-state index contributed by atoms with van der Waals surface area (Å²) in [6.07, 6.45) is 8.36. The summed E-state index contributed by atoms with van der Waals surface area (Å²) in [6, 6.07) is 65.9. The Morgan fingerprint density at radius 3 is 0.976 bits per heavy atom. The van der Waals surface area contributed by atoms with Crippen LogP contribution in [-0.4, -0.2) is 29.9 Å². The molecular formula is C112H104N12Zn. The summed E-state index contributed by atoms with van der Waals surface area (Å²) in [5.74, 6) is 0. The van der Waals surface area contributed by atoms with Crippen LogP contribution in [-0.2, 0) is 62.8 Å². The van der Waals surface area contributed by atoms with Crippen molar-refractivity contribution in [2.24, 2.45) is 0 Å². The average molecular weight is 1680 g/mol. The summed E-state index contributed by atoms with van der Waals surface area (Å²) in [7, 11) is 0. The average Bonchev–Trinajstić information content (AvgIpc) is 1.53. The Hall–Kier alpha value is -12.9. The number of H-pyrrole nitrogens is 2. The minimum absolute atomic E-state index is 0. The quantitative estimate of drug-likeness (QED) is 0.151. The van der Waals surface area contributed by atoms with E-state index in [4.69, 9.17) is 29.9 Å². The van der Waals surface area contributed by atoms with Crippen molar-refractivity contribution in [1.82, 2.24) is 39.9 Å². The van der Waals surface area contributed by atoms with Crippen LogP contribution in [0.4, 0.5) is 0 Å². The van der Waals surface area contributed by atoms with E-state index in [0.717, 1.165) is 165 Å². The fourth-order valence-corrected chi connectivity index (χ4v) is 18.1. The standard InChI is InChI=1S/C112H104N12.Zn/c1-105(2,3)69-39-65(40-70(47-69)106(4,5)6)95-85-29-25-81(117-85)93(63-35-59(55-113)33-60(36-63)56-114)82-26-30-86(118-82)97(67-43-73(109(13,14)15)49-74(44-67)110(16,17)18)91-53-79-80-54-92-98(68-45-75(111(19,20)21)50-76(46-68)112(22,23)24)88-32-28-84(120-88)94(64-37-61(57-115)34-62(38-64)58-116)83-27-31-87(119-83)96(66-41-71(107(7,8)9)48-72(42-66)108(10,11)12)90-52-78-77-51-89(95)121-101(77)99(103(79)123-91)100(102(78)122-90)104(80)124-92;/h25-54,117,123H,1-24H3;/q-2;+2. The summed E-state index contributed by atoms with van der Waals surface area (Å²) >= 11 is 0. The van der Waals surface area contributed by atoms with Crippen LogP contribution in [0.1, 0.15) is 256 Å². The SMILES string of the molecule is CC(C)(C)c1cc(-c2c3nc(c(-c4cc(C#N)cc(C#N)c4)c4ccc([n-]4)c(-c4cc(C(C)(C)C)cc(C(C)(C)C)c4)c4cc5c6cc7[nH]c6c6c8nc(cc8c8cc2[n-]c8c6c5n4)c(-c2cc(C(C)(C)C)cc(C(C)(C)C)c2)c2ccc([nH]2)c(-c2cc(C#N)cc(C#N)c2)c2nc(c7-c4cc(C(C)(C)C)cc(C(C)(C)C)c4)C=C2)C=C3)cc(C(C)(C)C)c1.[Zn+2]. The molecule has 2 aliphatic rings. The van der Waals surface area contributed by atoms with Crippen molar-refractivity contribution in [3.8, 4) is 91.0 Å². The van der Waals surface area contributed by atoms with Crippen LogP contribution < -0.4 is 9.97 Å². The van der Waals surface area contributed by atoms with Crippen molar-refractivity contribution < 1.29 is 19.5 Å². The molecule has 0 fully saturated rings. The van der Waals surface area contributed by atoms with Gasteiger partial charge in [0.15, 0.2) is 0 Å². The molecule has 16 aromatic rings. The van der Waals surface area contributed by atoms with Crippen LogP contribution in [0.25, 0.3) is 190 Å². The largest absolute Gasteiger partial charge is 2.00 e. The maximum Gasteiger partial charge on any atom is 2.00 e. The van der Waals surface area contributed by atoms with Gasteiger partial charge in [0, 0.05) is 54.8 Å². The molecule has 12 nitrogen and oxygen atoms in total. The van der Waals surface area contributed by atoms with E-state index < -0.39 is 0 Å². The molecule has 0 aliphatic carbocycles. The summed E-state index contributed by atoms with van der Waals surface area (Å²) < 4.78 is 0. The van der Waals surface area contributed by atoms with Gasteiger partial charge < -0.3 is 19.9 Å². The number of hydrogen-bond acceptors (Lipinski definition) is 8. The van der Waals surface area contributed by atoms with Crippen molar-refractivity contribution in [3.63, 3.8) is 0 Å². The molecule has 0 radical (unpaired) electrons. The Labute approximate surface area is 745 Å². The van der Waals surface area contributed by atoms with Gasteiger partial charge in [-0.1, -0.05) is 257 Å². The van der Waals surface area contributed by atoms with E-state index in [-0.39, 0.29) is 62.8 Å². The van der Waals surface area contributed by atoms with Gasteiger partial charge in [0.25, 0.3) is 0 Å².